The van der Waals surface area contributed by atoms with Gasteiger partial charge in [0.1, 0.15) is 5.75 Å². The number of rotatable bonds is 6. The first-order chi connectivity index (χ1) is 12.1. The van der Waals surface area contributed by atoms with Gasteiger partial charge in [-0.25, -0.2) is 0 Å². The van der Waals surface area contributed by atoms with E-state index in [1.807, 2.05) is 6.07 Å². The standard InChI is InChI=1S/C16H14N4O3S2/c1-23-13-7-10(3-5-11(13)20-17-8-21)18-15(22)9-2-4-12-14(6-9)25-16(24)19-12/h2-8,20H,1H3,(H,17,21)(H,18,22)(H,19,24). The number of hydrogen-bond acceptors (Lipinski definition) is 6. The average molecular weight is 374 g/mol. The summed E-state index contributed by atoms with van der Waals surface area (Å²) in [5.41, 5.74) is 7.59. The lowest BCUT2D eigenvalue weighted by Crippen LogP contribution is -2.19. The van der Waals surface area contributed by atoms with Gasteiger partial charge in [-0.2, -0.15) is 0 Å². The maximum absolute atomic E-state index is 12.5. The molecule has 9 heteroatoms. The topological polar surface area (TPSA) is 95.2 Å². The molecule has 2 amide bonds. The van der Waals surface area contributed by atoms with Crippen molar-refractivity contribution in [1.29, 1.82) is 0 Å². The second kappa shape index (κ2) is 7.32. The summed E-state index contributed by atoms with van der Waals surface area (Å²) in [6.45, 7) is 0. The number of carbonyl (C=O) groups excluding carboxylic acids is 2. The number of aromatic amines is 1. The molecular formula is C16H14N4O3S2. The van der Waals surface area contributed by atoms with Gasteiger partial charge < -0.3 is 15.0 Å². The van der Waals surface area contributed by atoms with Gasteiger partial charge >= 0.3 is 0 Å². The third-order valence-corrected chi connectivity index (χ3v) is 4.61. The minimum absolute atomic E-state index is 0.241. The molecule has 0 aliphatic heterocycles. The number of nitrogens with one attached hydrogen (secondary N) is 4. The number of aromatic nitrogens is 1. The Balaban J connectivity index is 1.81. The largest absolute Gasteiger partial charge is 0.494 e. The summed E-state index contributed by atoms with van der Waals surface area (Å²) >= 11 is 6.53. The number of hydrazine groups is 1. The number of methoxy groups -OCH3 is 1. The first-order valence-electron chi connectivity index (χ1n) is 7.18. The summed E-state index contributed by atoms with van der Waals surface area (Å²) in [5.74, 6) is 0.237. The lowest BCUT2D eigenvalue weighted by Gasteiger charge is -2.12. The Kier molecular flexibility index (Phi) is 4.96. The van der Waals surface area contributed by atoms with Crippen LogP contribution < -0.4 is 20.9 Å². The van der Waals surface area contributed by atoms with Gasteiger partial charge in [0.25, 0.3) is 5.91 Å². The summed E-state index contributed by atoms with van der Waals surface area (Å²) in [6.07, 6.45) is 0.515. The molecule has 0 fully saturated rings. The number of amides is 2. The molecule has 25 heavy (non-hydrogen) atoms. The van der Waals surface area contributed by atoms with E-state index in [1.165, 1.54) is 18.4 Å². The molecule has 2 aromatic carbocycles. The van der Waals surface area contributed by atoms with Crippen LogP contribution in [0.3, 0.4) is 0 Å². The number of anilines is 2. The lowest BCUT2D eigenvalue weighted by atomic mass is 10.2. The molecule has 4 N–H and O–H groups in total. The van der Waals surface area contributed by atoms with Gasteiger partial charge in [0.15, 0.2) is 3.95 Å². The average Bonchev–Trinajstić information content (AvgIpc) is 2.99. The number of ether oxygens (including phenoxy) is 1. The first-order valence-corrected chi connectivity index (χ1v) is 8.40. The van der Waals surface area contributed by atoms with Crippen LogP contribution in [-0.2, 0) is 4.79 Å². The Bertz CT molecular complexity index is 996. The van der Waals surface area contributed by atoms with Crippen molar-refractivity contribution in [3.05, 3.63) is 45.9 Å². The van der Waals surface area contributed by atoms with E-state index in [1.54, 1.807) is 30.3 Å². The number of carbonyl (C=O) groups is 2. The van der Waals surface area contributed by atoms with Crippen molar-refractivity contribution in [3.63, 3.8) is 0 Å². The number of thiazole rings is 1. The molecule has 128 valence electrons. The fourth-order valence-corrected chi connectivity index (χ4v) is 3.42. The molecule has 0 unspecified atom stereocenters. The van der Waals surface area contributed by atoms with E-state index in [9.17, 15) is 9.59 Å². The number of fused-ring (bicyclic) bond motifs is 1. The van der Waals surface area contributed by atoms with Crippen LogP contribution in [0.25, 0.3) is 10.2 Å². The highest BCUT2D eigenvalue weighted by Crippen LogP contribution is 2.28. The molecule has 0 atom stereocenters. The van der Waals surface area contributed by atoms with Gasteiger partial charge in [0.05, 0.1) is 23.0 Å². The number of hydrogen-bond donors (Lipinski definition) is 4. The minimum atomic E-state index is -0.241. The first kappa shape index (κ1) is 16.9. The zero-order valence-electron chi connectivity index (χ0n) is 13.1. The molecule has 0 bridgehead atoms. The third kappa shape index (κ3) is 3.78. The summed E-state index contributed by atoms with van der Waals surface area (Å²) in [6, 6.07) is 10.4. The van der Waals surface area contributed by atoms with Crippen LogP contribution in [0, 0.1) is 3.95 Å². The van der Waals surface area contributed by atoms with E-state index in [-0.39, 0.29) is 5.91 Å². The van der Waals surface area contributed by atoms with E-state index >= 15 is 0 Å². The minimum Gasteiger partial charge on any atom is -0.494 e. The van der Waals surface area contributed by atoms with Crippen LogP contribution >= 0.6 is 23.6 Å². The maximum Gasteiger partial charge on any atom is 0.255 e. The van der Waals surface area contributed by atoms with E-state index < -0.39 is 0 Å². The molecular weight excluding hydrogens is 360 g/mol. The fourth-order valence-electron chi connectivity index (χ4n) is 2.27. The molecule has 0 aliphatic rings. The number of H-pyrrole nitrogens is 1. The van der Waals surface area contributed by atoms with Crippen LogP contribution in [0.1, 0.15) is 10.4 Å². The molecule has 0 saturated heterocycles. The second-order valence-corrected chi connectivity index (χ2v) is 6.70. The molecule has 3 rings (SSSR count). The monoisotopic (exact) mass is 374 g/mol. The molecule has 0 radical (unpaired) electrons. The van der Waals surface area contributed by atoms with Crippen LogP contribution in [-0.4, -0.2) is 24.4 Å². The van der Waals surface area contributed by atoms with Gasteiger partial charge in [-0.1, -0.05) is 0 Å². The zero-order chi connectivity index (χ0) is 17.8. The Morgan fingerprint density at radius 1 is 1.28 bits per heavy atom. The van der Waals surface area contributed by atoms with Gasteiger partial charge in [-0.05, 0) is 42.5 Å². The third-order valence-electron chi connectivity index (χ3n) is 3.41. The van der Waals surface area contributed by atoms with Crippen molar-refractivity contribution in [3.8, 4) is 5.75 Å². The fraction of sp³-hybridized carbons (Fsp3) is 0.0625. The Hall–Kier alpha value is -2.91. The summed E-state index contributed by atoms with van der Waals surface area (Å²) in [4.78, 5) is 25.9. The Morgan fingerprint density at radius 2 is 2.12 bits per heavy atom. The number of benzene rings is 2. The van der Waals surface area contributed by atoms with Crippen LogP contribution in [0.5, 0.6) is 5.75 Å². The van der Waals surface area contributed by atoms with E-state index in [0.29, 0.717) is 33.1 Å². The van der Waals surface area contributed by atoms with Crippen molar-refractivity contribution in [2.45, 2.75) is 0 Å². The van der Waals surface area contributed by atoms with E-state index in [0.717, 1.165) is 10.2 Å². The van der Waals surface area contributed by atoms with Crippen molar-refractivity contribution in [2.75, 3.05) is 17.9 Å². The Morgan fingerprint density at radius 3 is 2.88 bits per heavy atom. The maximum atomic E-state index is 12.5. The highest BCUT2D eigenvalue weighted by Gasteiger charge is 2.10. The SMILES string of the molecule is COc1cc(NC(=O)c2ccc3[nH]c(=S)sc3c2)ccc1NNC=O. The molecule has 0 aliphatic carbocycles. The lowest BCUT2D eigenvalue weighted by molar-refractivity contribution is -0.109. The summed E-state index contributed by atoms with van der Waals surface area (Å²) in [7, 11) is 1.50. The normalized spacial score (nSPS) is 10.3. The smallest absolute Gasteiger partial charge is 0.255 e. The molecule has 3 aromatic rings. The molecule has 1 aromatic heterocycles. The molecule has 1 heterocycles. The second-order valence-electron chi connectivity index (χ2n) is 4.98. The van der Waals surface area contributed by atoms with Gasteiger partial charge in [-0.15, -0.1) is 11.3 Å². The van der Waals surface area contributed by atoms with Crippen LogP contribution in [0.15, 0.2) is 36.4 Å². The van der Waals surface area contributed by atoms with Crippen LogP contribution in [0.4, 0.5) is 11.4 Å². The van der Waals surface area contributed by atoms with Crippen molar-refractivity contribution >= 4 is 57.5 Å². The van der Waals surface area contributed by atoms with Crippen molar-refractivity contribution in [1.82, 2.24) is 10.4 Å². The van der Waals surface area contributed by atoms with Crippen LogP contribution in [0.2, 0.25) is 0 Å². The molecule has 0 saturated carbocycles. The van der Waals surface area contributed by atoms with Gasteiger partial charge in [-0.3, -0.25) is 20.4 Å². The molecule has 0 spiro atoms. The van der Waals surface area contributed by atoms with Crippen molar-refractivity contribution < 1.29 is 14.3 Å². The highest BCUT2D eigenvalue weighted by atomic mass is 32.1. The Labute approximate surface area is 152 Å². The predicted octanol–water partition coefficient (Wildman–Crippen LogP) is 3.29. The predicted molar refractivity (Wildman–Crippen MR) is 101 cm³/mol. The van der Waals surface area contributed by atoms with Crippen molar-refractivity contribution in [2.24, 2.45) is 0 Å². The quantitative estimate of drug-likeness (QED) is 0.302. The summed E-state index contributed by atoms with van der Waals surface area (Å²) < 4.78 is 6.84. The van der Waals surface area contributed by atoms with Gasteiger partial charge in [0, 0.05) is 17.3 Å². The van der Waals surface area contributed by atoms with E-state index in [4.69, 9.17) is 17.0 Å². The molecule has 7 nitrogen and oxygen atoms in total. The van der Waals surface area contributed by atoms with E-state index in [2.05, 4.69) is 21.2 Å². The highest BCUT2D eigenvalue weighted by molar-refractivity contribution is 7.73. The summed E-state index contributed by atoms with van der Waals surface area (Å²) in [5, 5.41) is 2.82. The zero-order valence-corrected chi connectivity index (χ0v) is 14.7. The van der Waals surface area contributed by atoms with Gasteiger partial charge in [0.2, 0.25) is 6.41 Å².